The third-order valence-corrected chi connectivity index (χ3v) is 6.92. The Bertz CT molecular complexity index is 1300. The van der Waals surface area contributed by atoms with Gasteiger partial charge in [0.05, 0.1) is 21.5 Å². The Kier molecular flexibility index (Phi) is 4.39. The molecule has 27 heavy (non-hydrogen) atoms. The molecule has 0 aliphatic carbocycles. The average Bonchev–Trinajstić information content (AvgIpc) is 2.94. The maximum Gasteiger partial charge on any atom is 0.261 e. The number of hydrogen-bond donors (Lipinski definition) is 1. The molecule has 1 aromatic carbocycles. The molecular weight excluding hydrogens is 380 g/mol. The van der Waals surface area contributed by atoms with Crippen molar-refractivity contribution in [1.82, 2.24) is 19.5 Å². The number of rotatable bonds is 3. The smallest absolute Gasteiger partial charge is 0.261 e. The summed E-state index contributed by atoms with van der Waals surface area (Å²) in [5.41, 5.74) is 1.44. The number of aryl methyl sites for hydroxylation is 2. The fourth-order valence-corrected chi connectivity index (χ4v) is 4.95. The molecule has 1 atom stereocenters. The number of nitrogens with zero attached hydrogens (tertiary/aromatic N) is 3. The Morgan fingerprint density at radius 1 is 1.19 bits per heavy atom. The van der Waals surface area contributed by atoms with Crippen LogP contribution in [0.2, 0.25) is 0 Å². The minimum atomic E-state index is -0.163. The number of nitrogens with one attached hydrogen (secondary N) is 1. The number of fused-ring (bicyclic) bond motifs is 2. The van der Waals surface area contributed by atoms with Crippen LogP contribution in [0.1, 0.15) is 28.4 Å². The summed E-state index contributed by atoms with van der Waals surface area (Å²) in [7, 11) is 1.71. The standard InChI is InChI=1S/C19H18N4O2S2/c1-9-10(2)26-17-14(9)16(24)21-15(22-17)11(3)27-19-20-13-8-6-5-7-12(13)18(25)23(19)4/h5-8,11H,1-4H3,(H,21,22,24). The molecular formula is C19H18N4O2S2. The fraction of sp³-hybridized carbons (Fsp3) is 0.263. The molecule has 0 aliphatic rings. The van der Waals surface area contributed by atoms with Crippen LogP contribution in [0.25, 0.3) is 21.1 Å². The van der Waals surface area contributed by atoms with Gasteiger partial charge in [0.1, 0.15) is 10.7 Å². The molecule has 1 unspecified atom stereocenters. The lowest BCUT2D eigenvalue weighted by atomic mass is 10.2. The molecule has 3 heterocycles. The van der Waals surface area contributed by atoms with Crippen LogP contribution in [0, 0.1) is 13.8 Å². The van der Waals surface area contributed by atoms with Gasteiger partial charge in [-0.2, -0.15) is 0 Å². The van der Waals surface area contributed by atoms with E-state index in [2.05, 4.69) is 15.0 Å². The number of para-hydroxylation sites is 1. The highest BCUT2D eigenvalue weighted by atomic mass is 32.2. The first-order chi connectivity index (χ1) is 12.9. The highest BCUT2D eigenvalue weighted by molar-refractivity contribution is 7.99. The molecule has 0 aliphatic heterocycles. The van der Waals surface area contributed by atoms with E-state index in [-0.39, 0.29) is 16.4 Å². The van der Waals surface area contributed by atoms with Crippen LogP contribution in [0.3, 0.4) is 0 Å². The van der Waals surface area contributed by atoms with Crippen LogP contribution in [0.5, 0.6) is 0 Å². The Hall–Kier alpha value is -2.45. The van der Waals surface area contributed by atoms with E-state index in [1.165, 1.54) is 23.1 Å². The maximum absolute atomic E-state index is 12.6. The molecule has 3 aromatic heterocycles. The van der Waals surface area contributed by atoms with Crippen molar-refractivity contribution in [3.63, 3.8) is 0 Å². The van der Waals surface area contributed by atoms with Crippen LogP contribution >= 0.6 is 23.1 Å². The summed E-state index contributed by atoms with van der Waals surface area (Å²) in [6.07, 6.45) is 0. The summed E-state index contributed by atoms with van der Waals surface area (Å²) in [4.78, 5) is 39.1. The van der Waals surface area contributed by atoms with Gasteiger partial charge in [-0.25, -0.2) is 9.97 Å². The number of hydrogen-bond acceptors (Lipinski definition) is 6. The van der Waals surface area contributed by atoms with E-state index in [0.717, 1.165) is 15.3 Å². The molecule has 0 amide bonds. The van der Waals surface area contributed by atoms with Gasteiger partial charge in [0, 0.05) is 11.9 Å². The second-order valence-electron chi connectivity index (χ2n) is 6.45. The van der Waals surface area contributed by atoms with Crippen molar-refractivity contribution in [3.05, 3.63) is 61.2 Å². The van der Waals surface area contributed by atoms with Crippen molar-refractivity contribution >= 4 is 44.2 Å². The molecule has 4 rings (SSSR count). The third-order valence-electron chi connectivity index (χ3n) is 4.67. The highest BCUT2D eigenvalue weighted by Gasteiger charge is 2.18. The normalized spacial score (nSPS) is 12.7. The van der Waals surface area contributed by atoms with Gasteiger partial charge in [-0.1, -0.05) is 23.9 Å². The zero-order valence-corrected chi connectivity index (χ0v) is 17.0. The number of aromatic amines is 1. The van der Waals surface area contributed by atoms with Gasteiger partial charge in [-0.05, 0) is 38.5 Å². The minimum Gasteiger partial charge on any atom is -0.309 e. The van der Waals surface area contributed by atoms with Gasteiger partial charge in [0.25, 0.3) is 11.1 Å². The quantitative estimate of drug-likeness (QED) is 0.420. The van der Waals surface area contributed by atoms with E-state index < -0.39 is 0 Å². The van der Waals surface area contributed by atoms with Crippen LogP contribution in [-0.4, -0.2) is 19.5 Å². The summed E-state index contributed by atoms with van der Waals surface area (Å²) < 4.78 is 1.54. The van der Waals surface area contributed by atoms with Crippen molar-refractivity contribution in [2.45, 2.75) is 31.2 Å². The Labute approximate surface area is 163 Å². The van der Waals surface area contributed by atoms with Crippen molar-refractivity contribution in [3.8, 4) is 0 Å². The Morgan fingerprint density at radius 2 is 1.93 bits per heavy atom. The first-order valence-electron chi connectivity index (χ1n) is 8.49. The lowest BCUT2D eigenvalue weighted by Crippen LogP contribution is -2.20. The predicted octanol–water partition coefficient (Wildman–Crippen LogP) is 3.70. The van der Waals surface area contributed by atoms with E-state index >= 15 is 0 Å². The summed E-state index contributed by atoms with van der Waals surface area (Å²) in [5, 5.41) is 1.68. The van der Waals surface area contributed by atoms with Gasteiger partial charge >= 0.3 is 0 Å². The van der Waals surface area contributed by atoms with Gasteiger partial charge in [-0.15, -0.1) is 11.3 Å². The molecule has 4 aromatic rings. The zero-order chi connectivity index (χ0) is 19.3. The van der Waals surface area contributed by atoms with E-state index in [1.54, 1.807) is 17.7 Å². The molecule has 6 nitrogen and oxygen atoms in total. The second kappa shape index (κ2) is 6.61. The number of thioether (sulfide) groups is 1. The number of thiophene rings is 1. The first kappa shape index (κ1) is 17.9. The van der Waals surface area contributed by atoms with E-state index in [1.807, 2.05) is 39.0 Å². The largest absolute Gasteiger partial charge is 0.309 e. The molecule has 0 spiro atoms. The van der Waals surface area contributed by atoms with Gasteiger partial charge in [-0.3, -0.25) is 14.2 Å². The molecule has 0 saturated carbocycles. The van der Waals surface area contributed by atoms with E-state index in [9.17, 15) is 9.59 Å². The van der Waals surface area contributed by atoms with Gasteiger partial charge in [0.2, 0.25) is 0 Å². The van der Waals surface area contributed by atoms with Crippen LogP contribution < -0.4 is 11.1 Å². The number of aromatic nitrogens is 4. The van der Waals surface area contributed by atoms with Crippen LogP contribution in [0.4, 0.5) is 0 Å². The zero-order valence-electron chi connectivity index (χ0n) is 15.4. The first-order valence-corrected chi connectivity index (χ1v) is 10.2. The minimum absolute atomic E-state index is 0.0864. The molecule has 1 N–H and O–H groups in total. The van der Waals surface area contributed by atoms with Gasteiger partial charge in [0.15, 0.2) is 5.16 Å². The lowest BCUT2D eigenvalue weighted by molar-refractivity contribution is 0.722. The summed E-state index contributed by atoms with van der Waals surface area (Å²) in [6.45, 7) is 5.88. The molecule has 0 fully saturated rings. The average molecular weight is 399 g/mol. The van der Waals surface area contributed by atoms with Gasteiger partial charge < -0.3 is 4.98 Å². The molecule has 0 bridgehead atoms. The van der Waals surface area contributed by atoms with E-state index in [4.69, 9.17) is 0 Å². The van der Waals surface area contributed by atoms with Crippen LogP contribution in [0.15, 0.2) is 39.0 Å². The van der Waals surface area contributed by atoms with E-state index in [0.29, 0.717) is 27.3 Å². The number of H-pyrrole nitrogens is 1. The second-order valence-corrected chi connectivity index (χ2v) is 8.96. The molecule has 0 radical (unpaired) electrons. The predicted molar refractivity (Wildman–Crippen MR) is 111 cm³/mol. The fourth-order valence-electron chi connectivity index (χ4n) is 2.98. The lowest BCUT2D eigenvalue weighted by Gasteiger charge is -2.13. The SMILES string of the molecule is Cc1sc2nc(C(C)Sc3nc4ccccc4c(=O)n3C)[nH]c(=O)c2c1C. The van der Waals surface area contributed by atoms with Crippen molar-refractivity contribution in [2.75, 3.05) is 0 Å². The number of benzene rings is 1. The Morgan fingerprint density at radius 3 is 2.70 bits per heavy atom. The van der Waals surface area contributed by atoms with Crippen molar-refractivity contribution < 1.29 is 0 Å². The van der Waals surface area contributed by atoms with Crippen molar-refractivity contribution in [2.24, 2.45) is 7.05 Å². The topological polar surface area (TPSA) is 80.6 Å². The highest BCUT2D eigenvalue weighted by Crippen LogP contribution is 2.33. The summed E-state index contributed by atoms with van der Waals surface area (Å²) >= 11 is 2.93. The summed E-state index contributed by atoms with van der Waals surface area (Å²) in [5.74, 6) is 0.584. The third kappa shape index (κ3) is 2.98. The Balaban J connectivity index is 1.77. The maximum atomic E-state index is 12.6. The molecule has 0 saturated heterocycles. The monoisotopic (exact) mass is 398 g/mol. The molecule has 138 valence electrons. The van der Waals surface area contributed by atoms with Crippen molar-refractivity contribution in [1.29, 1.82) is 0 Å². The summed E-state index contributed by atoms with van der Waals surface area (Å²) in [6, 6.07) is 7.29. The molecule has 8 heteroatoms. The van der Waals surface area contributed by atoms with Crippen LogP contribution in [-0.2, 0) is 7.05 Å².